The van der Waals surface area contributed by atoms with Crippen LogP contribution in [-0.2, 0) is 10.8 Å². The van der Waals surface area contributed by atoms with Crippen LogP contribution in [-0.4, -0.2) is 4.93 Å². The van der Waals surface area contributed by atoms with Gasteiger partial charge in [0.05, 0.1) is 0 Å². The van der Waals surface area contributed by atoms with E-state index in [1.807, 2.05) is 0 Å². The standard InChI is InChI=1S/C22H21I.C16H15I/c1-22(2)20-12-8-7-11-18(20)19-14-13-17(15-21(19)22)23(3)16-9-5-4-6-10-16;1-10-4-6-12-13-7-5-11(17)9-15(13)16(2,3)14(12)8-10/h4-15H,1-3H3;4-9H,1-3H3. The first-order valence-electron chi connectivity index (χ1n) is 13.9. The van der Waals surface area contributed by atoms with Crippen LogP contribution in [0.3, 0.4) is 0 Å². The van der Waals surface area contributed by atoms with Gasteiger partial charge in [-0.1, -0.05) is 43.7 Å². The van der Waals surface area contributed by atoms with E-state index in [-0.39, 0.29) is 10.8 Å². The molecule has 2 aliphatic carbocycles. The average molecular weight is 747 g/mol. The van der Waals surface area contributed by atoms with Crippen molar-refractivity contribution in [3.63, 3.8) is 0 Å². The molecular weight excluding hydrogens is 710 g/mol. The normalized spacial score (nSPS) is 15.2. The second-order valence-corrected chi connectivity index (χ2v) is 18.4. The molecule has 2 heteroatoms. The maximum atomic E-state index is 2.49. The molecule has 0 spiro atoms. The van der Waals surface area contributed by atoms with Crippen molar-refractivity contribution in [2.24, 2.45) is 0 Å². The number of halogens is 2. The van der Waals surface area contributed by atoms with E-state index in [1.54, 1.807) is 3.57 Å². The van der Waals surface area contributed by atoms with Crippen molar-refractivity contribution in [1.82, 2.24) is 0 Å². The summed E-state index contributed by atoms with van der Waals surface area (Å²) in [5.41, 5.74) is 13.1. The molecule has 2 aliphatic rings. The fourth-order valence-corrected chi connectivity index (χ4v) is 10.6. The summed E-state index contributed by atoms with van der Waals surface area (Å²) in [6, 6.07) is 40.7. The molecule has 0 radical (unpaired) electrons. The van der Waals surface area contributed by atoms with Crippen molar-refractivity contribution in [3.05, 3.63) is 148 Å². The summed E-state index contributed by atoms with van der Waals surface area (Å²) in [6.07, 6.45) is 0. The quantitative estimate of drug-likeness (QED) is 0.125. The maximum absolute atomic E-state index is 2.49. The predicted molar refractivity (Wildman–Crippen MR) is 189 cm³/mol. The number of benzene rings is 5. The average Bonchev–Trinajstić information content (AvgIpc) is 3.32. The molecule has 0 nitrogen and oxygen atoms in total. The zero-order valence-corrected chi connectivity index (χ0v) is 28.5. The number of aryl methyl sites for hydroxylation is 1. The molecule has 0 aliphatic heterocycles. The number of hydrogen-bond donors (Lipinski definition) is 0. The van der Waals surface area contributed by atoms with Crippen LogP contribution in [0.4, 0.5) is 0 Å². The first kappa shape index (κ1) is 27.7. The summed E-state index contributed by atoms with van der Waals surface area (Å²) < 4.78 is 4.41. The number of rotatable bonds is 2. The van der Waals surface area contributed by atoms with Crippen LogP contribution in [0.25, 0.3) is 22.3 Å². The molecule has 0 amide bonds. The minimum absolute atomic E-state index is 0.107. The Morgan fingerprint density at radius 3 is 1.75 bits per heavy atom. The van der Waals surface area contributed by atoms with Gasteiger partial charge in [-0.25, -0.2) is 0 Å². The van der Waals surface area contributed by atoms with Gasteiger partial charge in [-0.05, 0) is 63.9 Å². The van der Waals surface area contributed by atoms with Crippen molar-refractivity contribution in [2.45, 2.75) is 45.4 Å². The van der Waals surface area contributed by atoms with Crippen LogP contribution in [0.1, 0.15) is 55.5 Å². The molecule has 0 N–H and O–H groups in total. The van der Waals surface area contributed by atoms with E-state index in [0.717, 1.165) is 0 Å². The van der Waals surface area contributed by atoms with Crippen molar-refractivity contribution >= 4 is 42.4 Å². The van der Waals surface area contributed by atoms with Crippen molar-refractivity contribution < 1.29 is 0 Å². The Labute approximate surface area is 260 Å². The van der Waals surface area contributed by atoms with Gasteiger partial charge in [-0.2, -0.15) is 0 Å². The summed E-state index contributed by atoms with van der Waals surface area (Å²) in [5.74, 6) is 0. The number of hydrogen-bond acceptors (Lipinski definition) is 0. The molecule has 5 aromatic rings. The van der Waals surface area contributed by atoms with Gasteiger partial charge in [0.1, 0.15) is 0 Å². The third kappa shape index (κ3) is 4.65. The van der Waals surface area contributed by atoms with E-state index < -0.39 is 19.8 Å². The number of fused-ring (bicyclic) bond motifs is 6. The van der Waals surface area contributed by atoms with Gasteiger partial charge >= 0.3 is 146 Å². The summed E-state index contributed by atoms with van der Waals surface area (Å²) in [4.78, 5) is 2.45. The van der Waals surface area contributed by atoms with E-state index in [0.29, 0.717) is 0 Å². The van der Waals surface area contributed by atoms with Crippen molar-refractivity contribution in [1.29, 1.82) is 0 Å². The summed E-state index contributed by atoms with van der Waals surface area (Å²) >= 11 is 1.09. The molecule has 0 bridgehead atoms. The Hall–Kier alpha value is -2.44. The van der Waals surface area contributed by atoms with E-state index >= 15 is 0 Å². The smallest absolute Gasteiger partial charge is 0.0159 e. The molecular formula is C38H36I2. The van der Waals surface area contributed by atoms with Crippen LogP contribution < -0.4 is 0 Å². The van der Waals surface area contributed by atoms with E-state index in [2.05, 4.69) is 171 Å². The number of alkyl halides is 1. The van der Waals surface area contributed by atoms with Crippen LogP contribution in [0.2, 0.25) is 0 Å². The monoisotopic (exact) mass is 746 g/mol. The molecule has 7 rings (SSSR count). The molecule has 0 fully saturated rings. The molecule has 0 atom stereocenters. The minimum atomic E-state index is -1.30. The first-order valence-corrected chi connectivity index (χ1v) is 19.3. The topological polar surface area (TPSA) is 0 Å². The van der Waals surface area contributed by atoms with Crippen LogP contribution >= 0.6 is 42.4 Å². The first-order chi connectivity index (χ1) is 19.1. The molecule has 0 heterocycles. The molecule has 202 valence electrons. The Morgan fingerprint density at radius 2 is 1.02 bits per heavy atom. The van der Waals surface area contributed by atoms with Gasteiger partial charge in [0.25, 0.3) is 0 Å². The van der Waals surface area contributed by atoms with Gasteiger partial charge in [0.15, 0.2) is 0 Å². The molecule has 0 unspecified atom stereocenters. The van der Waals surface area contributed by atoms with Crippen LogP contribution in [0.15, 0.2) is 109 Å². The van der Waals surface area contributed by atoms with E-state index in [4.69, 9.17) is 0 Å². The van der Waals surface area contributed by atoms with Crippen molar-refractivity contribution in [3.8, 4) is 22.3 Å². The third-order valence-corrected chi connectivity index (χ3v) is 14.5. The zero-order chi connectivity index (χ0) is 28.2. The minimum Gasteiger partial charge on any atom is -0.0587 e. The van der Waals surface area contributed by atoms with Crippen LogP contribution in [0, 0.1) is 17.6 Å². The molecule has 0 saturated heterocycles. The largest absolute Gasteiger partial charge is 0.0587 e. The molecule has 40 heavy (non-hydrogen) atoms. The van der Waals surface area contributed by atoms with Gasteiger partial charge in [0.2, 0.25) is 0 Å². The maximum Gasteiger partial charge on any atom is 0.0159 e. The fourth-order valence-electron chi connectivity index (χ4n) is 6.41. The third-order valence-electron chi connectivity index (χ3n) is 8.73. The second kappa shape index (κ2) is 10.4. The van der Waals surface area contributed by atoms with Gasteiger partial charge in [-0.15, -0.1) is 0 Å². The predicted octanol–water partition coefficient (Wildman–Crippen LogP) is 11.1. The van der Waals surface area contributed by atoms with Crippen LogP contribution in [0.5, 0.6) is 0 Å². The van der Waals surface area contributed by atoms with Gasteiger partial charge in [-0.3, -0.25) is 0 Å². The SMILES string of the molecule is CI(c1ccccc1)c1ccc2c(c1)C(C)(C)c1ccccc1-2.Cc1ccc2c(c1)C(C)(C)c1cc(I)ccc1-2. The van der Waals surface area contributed by atoms with Crippen molar-refractivity contribution in [2.75, 3.05) is 4.93 Å². The fraction of sp³-hybridized carbons (Fsp3) is 0.211. The Balaban J connectivity index is 0.000000151. The second-order valence-electron chi connectivity index (χ2n) is 12.0. The Kier molecular flexibility index (Phi) is 7.23. The van der Waals surface area contributed by atoms with E-state index in [1.165, 1.54) is 57.2 Å². The molecule has 0 saturated carbocycles. The summed E-state index contributed by atoms with van der Waals surface area (Å²) in [6.45, 7) is 11.5. The Morgan fingerprint density at radius 1 is 0.500 bits per heavy atom. The molecule has 0 aromatic heterocycles. The van der Waals surface area contributed by atoms with Gasteiger partial charge < -0.3 is 0 Å². The zero-order valence-electron chi connectivity index (χ0n) is 24.1. The molecule has 5 aromatic carbocycles. The summed E-state index contributed by atoms with van der Waals surface area (Å²) in [5, 5.41) is 0. The van der Waals surface area contributed by atoms with Gasteiger partial charge in [0, 0.05) is 8.99 Å². The van der Waals surface area contributed by atoms with E-state index in [9.17, 15) is 0 Å². The summed E-state index contributed by atoms with van der Waals surface area (Å²) in [7, 11) is 0. The Bertz CT molecular complexity index is 1670.